The molecule has 4 aromatic rings. The summed E-state index contributed by atoms with van der Waals surface area (Å²) >= 11 is 3.61. The lowest BCUT2D eigenvalue weighted by Gasteiger charge is -2.35. The maximum atomic E-state index is 9.49. The topological polar surface area (TPSA) is 84.0 Å². The number of aromatic nitrogens is 5. The van der Waals surface area contributed by atoms with Gasteiger partial charge < -0.3 is 15.0 Å². The SMILES string of the molecule is CC.Cc1nn(-c2ccnc(Nc3ccc4c(c3)c(Br)cn4C)n2)cc1CN1CC(O)C1. The van der Waals surface area contributed by atoms with E-state index in [9.17, 15) is 5.11 Å². The monoisotopic (exact) mass is 497 g/mol. The fourth-order valence-corrected chi connectivity index (χ4v) is 4.39. The first-order valence-electron chi connectivity index (χ1n) is 10.8. The lowest BCUT2D eigenvalue weighted by atomic mass is 10.1. The van der Waals surface area contributed by atoms with Crippen LogP contribution in [0.3, 0.4) is 0 Å². The minimum atomic E-state index is -0.202. The first-order valence-corrected chi connectivity index (χ1v) is 11.6. The standard InChI is InChI=1S/C21H22BrN7O.C2H6/c1-13-14(8-28-10-16(30)11-28)9-29(26-13)20-5-6-23-21(25-20)24-15-3-4-19-17(7-15)18(22)12-27(19)2;1-2/h3-7,9,12,16,30H,8,10-11H2,1-2H3,(H,23,24,25);1-2H3. The Hall–Kier alpha value is -2.75. The van der Waals surface area contributed by atoms with Gasteiger partial charge >= 0.3 is 0 Å². The Bertz CT molecular complexity index is 1230. The van der Waals surface area contributed by atoms with Crippen LogP contribution in [0.25, 0.3) is 16.7 Å². The molecule has 2 N–H and O–H groups in total. The number of β-amino-alcohol motifs (C(OH)–C–C–N with tert-alkyl or cyclic N) is 1. The van der Waals surface area contributed by atoms with Crippen LogP contribution in [-0.2, 0) is 13.6 Å². The minimum Gasteiger partial charge on any atom is -0.390 e. The summed E-state index contributed by atoms with van der Waals surface area (Å²) < 4.78 is 4.91. The Morgan fingerprint density at radius 1 is 1.19 bits per heavy atom. The normalized spacial score (nSPS) is 14.2. The molecule has 1 fully saturated rings. The van der Waals surface area contributed by atoms with Crippen LogP contribution in [0.2, 0.25) is 0 Å². The van der Waals surface area contributed by atoms with Gasteiger partial charge in [-0.05, 0) is 41.1 Å². The van der Waals surface area contributed by atoms with E-state index in [0.717, 1.165) is 38.9 Å². The van der Waals surface area contributed by atoms with Crippen LogP contribution in [0.15, 0.2) is 47.3 Å². The maximum absolute atomic E-state index is 9.49. The van der Waals surface area contributed by atoms with Crippen LogP contribution in [0.1, 0.15) is 25.1 Å². The third-order valence-corrected chi connectivity index (χ3v) is 6.04. The molecule has 1 aliphatic heterocycles. The second kappa shape index (κ2) is 9.40. The minimum absolute atomic E-state index is 0.202. The van der Waals surface area contributed by atoms with Crippen LogP contribution in [-0.4, -0.2) is 53.5 Å². The highest BCUT2D eigenvalue weighted by molar-refractivity contribution is 9.10. The molecule has 0 atom stereocenters. The third-order valence-electron chi connectivity index (χ3n) is 5.41. The number of anilines is 2. The summed E-state index contributed by atoms with van der Waals surface area (Å²) in [6.45, 7) is 8.21. The first-order chi connectivity index (χ1) is 15.5. The summed E-state index contributed by atoms with van der Waals surface area (Å²) in [5.74, 6) is 1.21. The molecule has 0 bridgehead atoms. The number of aliphatic hydroxyl groups is 1. The summed E-state index contributed by atoms with van der Waals surface area (Å²) in [5.41, 5.74) is 4.16. The average molecular weight is 498 g/mol. The van der Waals surface area contributed by atoms with Gasteiger partial charge in [0.05, 0.1) is 11.8 Å². The fraction of sp³-hybridized carbons (Fsp3) is 0.348. The first kappa shape index (κ1) is 22.4. The number of aliphatic hydroxyl groups excluding tert-OH is 1. The highest BCUT2D eigenvalue weighted by Crippen LogP contribution is 2.29. The van der Waals surface area contributed by atoms with Crippen molar-refractivity contribution in [3.05, 3.63) is 58.6 Å². The number of aryl methyl sites for hydroxylation is 2. The molecule has 1 aromatic carbocycles. The number of fused-ring (bicyclic) bond motifs is 1. The molecular formula is C23H28BrN7O. The van der Waals surface area contributed by atoms with Crippen molar-refractivity contribution in [2.75, 3.05) is 18.4 Å². The zero-order chi connectivity index (χ0) is 22.8. The summed E-state index contributed by atoms with van der Waals surface area (Å²) in [6, 6.07) is 8.00. The van der Waals surface area contributed by atoms with E-state index in [0.29, 0.717) is 24.9 Å². The van der Waals surface area contributed by atoms with E-state index < -0.39 is 0 Å². The molecular weight excluding hydrogens is 470 g/mol. The van der Waals surface area contributed by atoms with E-state index >= 15 is 0 Å². The molecule has 8 nitrogen and oxygen atoms in total. The number of likely N-dealkylation sites (tertiary alicyclic amines) is 1. The average Bonchev–Trinajstić information content (AvgIpc) is 3.27. The van der Waals surface area contributed by atoms with Crippen molar-refractivity contribution in [2.24, 2.45) is 7.05 Å². The van der Waals surface area contributed by atoms with Gasteiger partial charge in [-0.15, -0.1) is 0 Å². The molecule has 9 heteroatoms. The Morgan fingerprint density at radius 2 is 1.97 bits per heavy atom. The Kier molecular flexibility index (Phi) is 6.59. The molecule has 32 heavy (non-hydrogen) atoms. The number of halogens is 1. The fourth-order valence-electron chi connectivity index (χ4n) is 3.77. The van der Waals surface area contributed by atoms with Gasteiger partial charge in [0.2, 0.25) is 5.95 Å². The molecule has 0 aliphatic carbocycles. The van der Waals surface area contributed by atoms with Gasteiger partial charge in [0.25, 0.3) is 0 Å². The predicted octanol–water partition coefficient (Wildman–Crippen LogP) is 4.17. The van der Waals surface area contributed by atoms with Gasteiger partial charge in [-0.3, -0.25) is 4.90 Å². The summed E-state index contributed by atoms with van der Waals surface area (Å²) in [5, 5.41) is 18.5. The Morgan fingerprint density at radius 3 is 2.72 bits per heavy atom. The molecule has 1 saturated heterocycles. The second-order valence-corrected chi connectivity index (χ2v) is 8.57. The van der Waals surface area contributed by atoms with Gasteiger partial charge in [0.15, 0.2) is 5.82 Å². The van der Waals surface area contributed by atoms with Crippen LogP contribution in [0, 0.1) is 6.92 Å². The van der Waals surface area contributed by atoms with Gasteiger partial charge in [0.1, 0.15) is 0 Å². The Balaban J connectivity index is 0.00000119. The number of rotatable bonds is 5. The van der Waals surface area contributed by atoms with Crippen LogP contribution < -0.4 is 5.32 Å². The van der Waals surface area contributed by atoms with E-state index in [-0.39, 0.29) is 6.10 Å². The van der Waals surface area contributed by atoms with Crippen LogP contribution >= 0.6 is 15.9 Å². The molecule has 0 radical (unpaired) electrons. The van der Waals surface area contributed by atoms with Crippen LogP contribution in [0.5, 0.6) is 0 Å². The number of nitrogens with zero attached hydrogens (tertiary/aromatic N) is 6. The zero-order valence-electron chi connectivity index (χ0n) is 18.7. The number of nitrogens with one attached hydrogen (secondary N) is 1. The summed E-state index contributed by atoms with van der Waals surface area (Å²) in [4.78, 5) is 11.2. The molecule has 0 amide bonds. The molecule has 4 heterocycles. The van der Waals surface area contributed by atoms with Crippen molar-refractivity contribution >= 4 is 38.5 Å². The van der Waals surface area contributed by atoms with Crippen molar-refractivity contribution in [1.29, 1.82) is 0 Å². The van der Waals surface area contributed by atoms with Crippen molar-refractivity contribution in [3.63, 3.8) is 0 Å². The van der Waals surface area contributed by atoms with E-state index in [1.54, 1.807) is 10.9 Å². The molecule has 3 aromatic heterocycles. The lowest BCUT2D eigenvalue weighted by Crippen LogP contribution is -2.49. The van der Waals surface area contributed by atoms with Gasteiger partial charge in [-0.1, -0.05) is 13.8 Å². The molecule has 1 aliphatic rings. The summed E-state index contributed by atoms with van der Waals surface area (Å²) in [7, 11) is 2.03. The van der Waals surface area contributed by atoms with Gasteiger partial charge in [-0.25, -0.2) is 9.67 Å². The Labute approximate surface area is 196 Å². The van der Waals surface area contributed by atoms with Crippen molar-refractivity contribution in [3.8, 4) is 5.82 Å². The van der Waals surface area contributed by atoms with E-state index in [4.69, 9.17) is 0 Å². The maximum Gasteiger partial charge on any atom is 0.229 e. The number of hydrogen-bond donors (Lipinski definition) is 2. The summed E-state index contributed by atoms with van der Waals surface area (Å²) in [6.07, 6.45) is 5.57. The number of hydrogen-bond acceptors (Lipinski definition) is 6. The highest BCUT2D eigenvalue weighted by atomic mass is 79.9. The van der Waals surface area contributed by atoms with Crippen molar-refractivity contribution < 1.29 is 5.11 Å². The molecule has 168 valence electrons. The second-order valence-electron chi connectivity index (χ2n) is 7.72. The zero-order valence-corrected chi connectivity index (χ0v) is 20.3. The smallest absolute Gasteiger partial charge is 0.229 e. The molecule has 5 rings (SSSR count). The van der Waals surface area contributed by atoms with E-state index in [1.165, 1.54) is 0 Å². The predicted molar refractivity (Wildman–Crippen MR) is 130 cm³/mol. The largest absolute Gasteiger partial charge is 0.390 e. The van der Waals surface area contributed by atoms with Crippen molar-refractivity contribution in [2.45, 2.75) is 33.4 Å². The van der Waals surface area contributed by atoms with E-state index in [2.05, 4.69) is 57.9 Å². The number of benzene rings is 1. The highest BCUT2D eigenvalue weighted by Gasteiger charge is 2.25. The molecule has 0 unspecified atom stereocenters. The third kappa shape index (κ3) is 4.55. The quantitative estimate of drug-likeness (QED) is 0.430. The molecule has 0 spiro atoms. The molecule has 0 saturated carbocycles. The van der Waals surface area contributed by atoms with Crippen LogP contribution in [0.4, 0.5) is 11.6 Å². The van der Waals surface area contributed by atoms with Gasteiger partial charge in [-0.2, -0.15) is 10.1 Å². The van der Waals surface area contributed by atoms with E-state index in [1.807, 2.05) is 52.3 Å². The van der Waals surface area contributed by atoms with Crippen molar-refractivity contribution in [1.82, 2.24) is 29.2 Å². The van der Waals surface area contributed by atoms with Gasteiger partial charge in [0, 0.05) is 78.0 Å². The lowest BCUT2D eigenvalue weighted by molar-refractivity contribution is -0.00297.